The molecule has 20 heavy (non-hydrogen) atoms. The summed E-state index contributed by atoms with van der Waals surface area (Å²) in [6.45, 7) is 2.86. The number of anilines is 1. The molecule has 1 amide bonds. The second-order valence-electron chi connectivity index (χ2n) is 6.02. The van der Waals surface area contributed by atoms with E-state index in [9.17, 15) is 9.90 Å². The van der Waals surface area contributed by atoms with Gasteiger partial charge < -0.3 is 10.4 Å². The molecule has 1 aromatic carbocycles. The van der Waals surface area contributed by atoms with Gasteiger partial charge in [0.1, 0.15) is 0 Å². The van der Waals surface area contributed by atoms with Crippen LogP contribution in [-0.2, 0) is 4.79 Å². The van der Waals surface area contributed by atoms with Crippen molar-refractivity contribution < 1.29 is 9.90 Å². The van der Waals surface area contributed by atoms with Gasteiger partial charge in [-0.2, -0.15) is 0 Å². The van der Waals surface area contributed by atoms with Gasteiger partial charge in [0.25, 0.3) is 0 Å². The second-order valence-corrected chi connectivity index (χ2v) is 6.02. The maximum absolute atomic E-state index is 12.0. The molecule has 1 aromatic rings. The van der Waals surface area contributed by atoms with Gasteiger partial charge in [0.2, 0.25) is 5.91 Å². The Bertz CT molecular complexity index is 467. The highest BCUT2D eigenvalue weighted by Gasteiger charge is 2.32. The van der Waals surface area contributed by atoms with Crippen molar-refractivity contribution in [3.8, 4) is 0 Å². The first-order valence-electron chi connectivity index (χ1n) is 7.24. The minimum atomic E-state index is -0.599. The van der Waals surface area contributed by atoms with Crippen molar-refractivity contribution in [2.45, 2.75) is 38.2 Å². The molecule has 0 unspecified atom stereocenters. The van der Waals surface area contributed by atoms with Gasteiger partial charge in [0.15, 0.2) is 0 Å². The fourth-order valence-corrected chi connectivity index (χ4v) is 2.92. The number of amides is 1. The number of aryl methyl sites for hydroxylation is 1. The summed E-state index contributed by atoms with van der Waals surface area (Å²) in [7, 11) is 1.88. The SMILES string of the molecule is Cc1cccc(NC(=O)CN(C)CC2(O)CCCC2)c1. The topological polar surface area (TPSA) is 52.6 Å². The lowest BCUT2D eigenvalue weighted by molar-refractivity contribution is -0.117. The van der Waals surface area contributed by atoms with Crippen molar-refractivity contribution in [1.29, 1.82) is 0 Å². The molecule has 1 fully saturated rings. The van der Waals surface area contributed by atoms with E-state index in [1.165, 1.54) is 0 Å². The zero-order valence-corrected chi connectivity index (χ0v) is 12.4. The van der Waals surface area contributed by atoms with Crippen LogP contribution in [0.4, 0.5) is 5.69 Å². The van der Waals surface area contributed by atoms with Crippen LogP contribution >= 0.6 is 0 Å². The Morgan fingerprint density at radius 1 is 1.40 bits per heavy atom. The number of hydrogen-bond donors (Lipinski definition) is 2. The van der Waals surface area contributed by atoms with Crippen LogP contribution < -0.4 is 5.32 Å². The zero-order valence-electron chi connectivity index (χ0n) is 12.4. The fourth-order valence-electron chi connectivity index (χ4n) is 2.92. The van der Waals surface area contributed by atoms with Gasteiger partial charge in [-0.1, -0.05) is 25.0 Å². The van der Waals surface area contributed by atoms with Crippen LogP contribution in [0, 0.1) is 6.92 Å². The average molecular weight is 276 g/mol. The van der Waals surface area contributed by atoms with Gasteiger partial charge in [-0.15, -0.1) is 0 Å². The van der Waals surface area contributed by atoms with Gasteiger partial charge in [-0.3, -0.25) is 9.69 Å². The van der Waals surface area contributed by atoms with Crippen LogP contribution in [0.25, 0.3) is 0 Å². The minimum absolute atomic E-state index is 0.0419. The van der Waals surface area contributed by atoms with Crippen LogP contribution in [-0.4, -0.2) is 41.7 Å². The molecule has 2 N–H and O–H groups in total. The van der Waals surface area contributed by atoms with E-state index in [4.69, 9.17) is 0 Å². The highest BCUT2D eigenvalue weighted by Crippen LogP contribution is 2.29. The third-order valence-corrected chi connectivity index (χ3v) is 3.81. The van der Waals surface area contributed by atoms with Crippen LogP contribution in [0.3, 0.4) is 0 Å². The molecule has 0 radical (unpaired) electrons. The molecule has 0 aliphatic heterocycles. The van der Waals surface area contributed by atoms with Gasteiger partial charge in [-0.05, 0) is 44.5 Å². The molecule has 0 spiro atoms. The highest BCUT2D eigenvalue weighted by atomic mass is 16.3. The molecule has 1 aliphatic rings. The van der Waals surface area contributed by atoms with E-state index >= 15 is 0 Å². The molecule has 0 aromatic heterocycles. The minimum Gasteiger partial charge on any atom is -0.389 e. The Morgan fingerprint density at radius 3 is 2.75 bits per heavy atom. The number of carbonyl (C=O) groups excluding carboxylic acids is 1. The van der Waals surface area contributed by atoms with Crippen molar-refractivity contribution in [1.82, 2.24) is 4.90 Å². The Labute approximate surface area is 120 Å². The van der Waals surface area contributed by atoms with Crippen molar-refractivity contribution in [3.63, 3.8) is 0 Å². The van der Waals surface area contributed by atoms with Crippen molar-refractivity contribution >= 4 is 11.6 Å². The molecule has 4 nitrogen and oxygen atoms in total. The van der Waals surface area contributed by atoms with E-state index in [1.807, 2.05) is 43.1 Å². The van der Waals surface area contributed by atoms with E-state index in [0.717, 1.165) is 36.9 Å². The quantitative estimate of drug-likeness (QED) is 0.866. The Kier molecular flexibility index (Phi) is 4.78. The third-order valence-electron chi connectivity index (χ3n) is 3.81. The van der Waals surface area contributed by atoms with Crippen molar-refractivity contribution in [2.24, 2.45) is 0 Å². The summed E-state index contributed by atoms with van der Waals surface area (Å²) >= 11 is 0. The Morgan fingerprint density at radius 2 is 2.10 bits per heavy atom. The van der Waals surface area contributed by atoms with Crippen LogP contribution in [0.2, 0.25) is 0 Å². The predicted octanol–water partition coefficient (Wildman–Crippen LogP) is 2.17. The summed E-state index contributed by atoms with van der Waals surface area (Å²) in [4.78, 5) is 13.9. The number of aliphatic hydroxyl groups is 1. The number of carbonyl (C=O) groups is 1. The molecule has 0 bridgehead atoms. The zero-order chi connectivity index (χ0) is 14.6. The number of benzene rings is 1. The fraction of sp³-hybridized carbons (Fsp3) is 0.562. The Hall–Kier alpha value is -1.39. The summed E-state index contributed by atoms with van der Waals surface area (Å²) in [5.74, 6) is -0.0419. The molecule has 2 rings (SSSR count). The van der Waals surface area contributed by atoms with Crippen LogP contribution in [0.5, 0.6) is 0 Å². The van der Waals surface area contributed by atoms with Gasteiger partial charge in [-0.25, -0.2) is 0 Å². The van der Waals surface area contributed by atoms with Gasteiger partial charge in [0, 0.05) is 12.2 Å². The maximum Gasteiger partial charge on any atom is 0.238 e. The predicted molar refractivity (Wildman–Crippen MR) is 80.7 cm³/mol. The highest BCUT2D eigenvalue weighted by molar-refractivity contribution is 5.92. The van der Waals surface area contributed by atoms with E-state index in [2.05, 4.69) is 5.32 Å². The second kappa shape index (κ2) is 6.37. The summed E-state index contributed by atoms with van der Waals surface area (Å²) < 4.78 is 0. The number of nitrogens with one attached hydrogen (secondary N) is 1. The van der Waals surface area contributed by atoms with E-state index in [0.29, 0.717) is 13.1 Å². The lowest BCUT2D eigenvalue weighted by Gasteiger charge is -2.28. The van der Waals surface area contributed by atoms with Gasteiger partial charge >= 0.3 is 0 Å². The molecule has 1 aliphatic carbocycles. The molecule has 110 valence electrons. The normalized spacial score (nSPS) is 17.4. The molecular formula is C16H24N2O2. The summed E-state index contributed by atoms with van der Waals surface area (Å²) in [6.07, 6.45) is 3.85. The lowest BCUT2D eigenvalue weighted by atomic mass is 10.0. The Balaban J connectivity index is 1.82. The average Bonchev–Trinajstić information content (AvgIpc) is 2.74. The molecule has 0 heterocycles. The molecule has 0 atom stereocenters. The first-order valence-corrected chi connectivity index (χ1v) is 7.24. The standard InChI is InChI=1S/C16H24N2O2/c1-13-6-5-7-14(10-13)17-15(19)11-18(2)12-16(20)8-3-4-9-16/h5-7,10,20H,3-4,8-9,11-12H2,1-2H3,(H,17,19). The first kappa shape index (κ1) is 15.0. The van der Waals surface area contributed by atoms with Crippen LogP contribution in [0.15, 0.2) is 24.3 Å². The van der Waals surface area contributed by atoms with Crippen molar-refractivity contribution in [2.75, 3.05) is 25.5 Å². The number of nitrogens with zero attached hydrogens (tertiary/aromatic N) is 1. The number of likely N-dealkylation sites (N-methyl/N-ethyl adjacent to an activating group) is 1. The number of rotatable bonds is 5. The summed E-state index contributed by atoms with van der Waals surface area (Å²) in [6, 6.07) is 7.76. The monoisotopic (exact) mass is 276 g/mol. The van der Waals surface area contributed by atoms with E-state index in [1.54, 1.807) is 0 Å². The summed E-state index contributed by atoms with van der Waals surface area (Å²) in [5, 5.41) is 13.2. The largest absolute Gasteiger partial charge is 0.389 e. The smallest absolute Gasteiger partial charge is 0.238 e. The third kappa shape index (κ3) is 4.32. The van der Waals surface area contributed by atoms with Crippen LogP contribution in [0.1, 0.15) is 31.2 Å². The molecule has 1 saturated carbocycles. The van der Waals surface area contributed by atoms with Gasteiger partial charge in [0.05, 0.1) is 12.1 Å². The van der Waals surface area contributed by atoms with Crippen molar-refractivity contribution in [3.05, 3.63) is 29.8 Å². The number of hydrogen-bond acceptors (Lipinski definition) is 3. The van der Waals surface area contributed by atoms with E-state index in [-0.39, 0.29) is 5.91 Å². The van der Waals surface area contributed by atoms with E-state index < -0.39 is 5.60 Å². The lowest BCUT2D eigenvalue weighted by Crippen LogP contribution is -2.42. The summed E-state index contributed by atoms with van der Waals surface area (Å²) in [5.41, 5.74) is 1.35. The maximum atomic E-state index is 12.0. The molecular weight excluding hydrogens is 252 g/mol. The first-order chi connectivity index (χ1) is 9.47. The molecule has 4 heteroatoms. The molecule has 0 saturated heterocycles.